The van der Waals surface area contributed by atoms with E-state index >= 15 is 0 Å². The molecule has 23 heavy (non-hydrogen) atoms. The zero-order chi connectivity index (χ0) is 16.6. The summed E-state index contributed by atoms with van der Waals surface area (Å²) in [4.78, 5) is 13.0. The molecule has 0 spiro atoms. The molecule has 1 atom stereocenters. The number of benzene rings is 2. The molecule has 0 aliphatic carbocycles. The maximum absolute atomic E-state index is 14.4. The van der Waals surface area contributed by atoms with Crippen LogP contribution in [0, 0.1) is 11.6 Å². The van der Waals surface area contributed by atoms with E-state index < -0.39 is 17.6 Å². The van der Waals surface area contributed by atoms with Crippen molar-refractivity contribution in [2.24, 2.45) is 0 Å². The van der Waals surface area contributed by atoms with E-state index in [1.54, 1.807) is 24.3 Å². The van der Waals surface area contributed by atoms with Crippen molar-refractivity contribution in [2.75, 3.05) is 18.0 Å². The van der Waals surface area contributed by atoms with Crippen LogP contribution in [-0.2, 0) is 0 Å². The Morgan fingerprint density at radius 3 is 2.74 bits per heavy atom. The highest BCUT2D eigenvalue weighted by atomic mass is 35.5. The molecule has 6 heteroatoms. The van der Waals surface area contributed by atoms with Crippen LogP contribution in [0.5, 0.6) is 0 Å². The Bertz CT molecular complexity index is 766. The van der Waals surface area contributed by atoms with Gasteiger partial charge in [0.1, 0.15) is 11.6 Å². The minimum absolute atomic E-state index is 0.0463. The molecule has 1 unspecified atom stereocenters. The van der Waals surface area contributed by atoms with Gasteiger partial charge in [0.15, 0.2) is 0 Å². The molecule has 0 saturated carbocycles. The average molecular weight is 338 g/mol. The third-order valence-corrected chi connectivity index (χ3v) is 4.45. The van der Waals surface area contributed by atoms with Crippen LogP contribution in [0.1, 0.15) is 28.3 Å². The SMILES string of the molecule is O=C(O)c1cccc(C2CCN(c3ccc(F)c(Cl)c3)C2)c1F. The summed E-state index contributed by atoms with van der Waals surface area (Å²) in [5, 5.41) is 9.07. The van der Waals surface area contributed by atoms with Crippen molar-refractivity contribution in [3.05, 3.63) is 64.2 Å². The Morgan fingerprint density at radius 1 is 1.26 bits per heavy atom. The van der Waals surface area contributed by atoms with Crippen LogP contribution in [0.25, 0.3) is 0 Å². The predicted octanol–water partition coefficient (Wildman–Crippen LogP) is 4.31. The van der Waals surface area contributed by atoms with E-state index in [0.717, 1.165) is 5.69 Å². The van der Waals surface area contributed by atoms with E-state index in [-0.39, 0.29) is 16.5 Å². The first-order chi connectivity index (χ1) is 11.0. The number of hydrogen-bond acceptors (Lipinski definition) is 2. The van der Waals surface area contributed by atoms with Gasteiger partial charge in [0, 0.05) is 24.7 Å². The summed E-state index contributed by atoms with van der Waals surface area (Å²) < 4.78 is 27.6. The first-order valence-corrected chi connectivity index (χ1v) is 7.57. The van der Waals surface area contributed by atoms with Crippen molar-refractivity contribution in [1.29, 1.82) is 0 Å². The van der Waals surface area contributed by atoms with E-state index in [0.29, 0.717) is 25.1 Å². The van der Waals surface area contributed by atoms with Crippen LogP contribution in [0.2, 0.25) is 5.02 Å². The van der Waals surface area contributed by atoms with E-state index in [1.165, 1.54) is 12.1 Å². The van der Waals surface area contributed by atoms with Crippen molar-refractivity contribution < 1.29 is 18.7 Å². The lowest BCUT2D eigenvalue weighted by molar-refractivity contribution is 0.0691. The summed E-state index contributed by atoms with van der Waals surface area (Å²) in [6, 6.07) is 8.91. The summed E-state index contributed by atoms with van der Waals surface area (Å²) >= 11 is 5.80. The molecule has 1 aliphatic heterocycles. The maximum atomic E-state index is 14.4. The third-order valence-electron chi connectivity index (χ3n) is 4.16. The van der Waals surface area contributed by atoms with E-state index in [2.05, 4.69) is 0 Å². The standard InChI is InChI=1S/C17H14ClF2NO2/c18-14-8-11(4-5-15(14)19)21-7-6-10(9-21)12-2-1-3-13(16(12)20)17(22)23/h1-5,8,10H,6-7,9H2,(H,22,23). The molecule has 1 saturated heterocycles. The first kappa shape index (κ1) is 15.7. The molecular formula is C17H14ClF2NO2. The monoisotopic (exact) mass is 337 g/mol. The van der Waals surface area contributed by atoms with Crippen LogP contribution in [0.3, 0.4) is 0 Å². The molecule has 1 N–H and O–H groups in total. The number of anilines is 1. The Morgan fingerprint density at radius 2 is 2.04 bits per heavy atom. The van der Waals surface area contributed by atoms with Crippen molar-refractivity contribution in [3.8, 4) is 0 Å². The summed E-state index contributed by atoms with van der Waals surface area (Å²) in [7, 11) is 0. The van der Waals surface area contributed by atoms with E-state index in [1.807, 2.05) is 4.90 Å². The topological polar surface area (TPSA) is 40.5 Å². The molecule has 3 rings (SSSR count). The molecule has 1 fully saturated rings. The Balaban J connectivity index is 1.84. The van der Waals surface area contributed by atoms with Gasteiger partial charge < -0.3 is 10.0 Å². The molecule has 0 aromatic heterocycles. The molecule has 1 heterocycles. The molecule has 0 bridgehead atoms. The van der Waals surface area contributed by atoms with Gasteiger partial charge in [-0.1, -0.05) is 23.7 Å². The fraction of sp³-hybridized carbons (Fsp3) is 0.235. The molecular weight excluding hydrogens is 324 g/mol. The second-order valence-corrected chi connectivity index (χ2v) is 5.95. The summed E-state index contributed by atoms with van der Waals surface area (Å²) in [5.41, 5.74) is 0.861. The average Bonchev–Trinajstić information content (AvgIpc) is 2.99. The van der Waals surface area contributed by atoms with Gasteiger partial charge in [0.2, 0.25) is 0 Å². The largest absolute Gasteiger partial charge is 0.478 e. The fourth-order valence-electron chi connectivity index (χ4n) is 2.96. The lowest BCUT2D eigenvalue weighted by Gasteiger charge is -2.19. The van der Waals surface area contributed by atoms with Crippen LogP contribution < -0.4 is 4.90 Å². The lowest BCUT2D eigenvalue weighted by Crippen LogP contribution is -2.19. The van der Waals surface area contributed by atoms with Gasteiger partial charge in [-0.15, -0.1) is 0 Å². The Labute approximate surface area is 137 Å². The number of halogens is 3. The van der Waals surface area contributed by atoms with Crippen molar-refractivity contribution in [1.82, 2.24) is 0 Å². The van der Waals surface area contributed by atoms with Gasteiger partial charge in [-0.05, 0) is 36.2 Å². The maximum Gasteiger partial charge on any atom is 0.338 e. The molecule has 120 valence electrons. The van der Waals surface area contributed by atoms with Gasteiger partial charge >= 0.3 is 5.97 Å². The number of hydrogen-bond donors (Lipinski definition) is 1. The molecule has 2 aromatic rings. The second-order valence-electron chi connectivity index (χ2n) is 5.54. The van der Waals surface area contributed by atoms with Gasteiger partial charge in [-0.25, -0.2) is 13.6 Å². The third kappa shape index (κ3) is 3.01. The van der Waals surface area contributed by atoms with Crippen molar-refractivity contribution >= 4 is 23.3 Å². The lowest BCUT2D eigenvalue weighted by atomic mass is 9.96. The van der Waals surface area contributed by atoms with Gasteiger partial charge in [0.25, 0.3) is 0 Å². The number of carboxylic acids is 1. The quantitative estimate of drug-likeness (QED) is 0.907. The van der Waals surface area contributed by atoms with Gasteiger partial charge in [-0.3, -0.25) is 0 Å². The predicted molar refractivity (Wildman–Crippen MR) is 84.3 cm³/mol. The van der Waals surface area contributed by atoms with Gasteiger partial charge in [0.05, 0.1) is 10.6 Å². The van der Waals surface area contributed by atoms with Crippen LogP contribution in [0.15, 0.2) is 36.4 Å². The Kier molecular flexibility index (Phi) is 4.22. The van der Waals surface area contributed by atoms with Crippen molar-refractivity contribution in [2.45, 2.75) is 12.3 Å². The van der Waals surface area contributed by atoms with Crippen LogP contribution in [-0.4, -0.2) is 24.2 Å². The van der Waals surface area contributed by atoms with Crippen LogP contribution >= 0.6 is 11.6 Å². The number of carboxylic acid groups (broad SMARTS) is 1. The smallest absolute Gasteiger partial charge is 0.338 e. The second kappa shape index (κ2) is 6.16. The zero-order valence-corrected chi connectivity index (χ0v) is 12.9. The molecule has 1 aliphatic rings. The van der Waals surface area contributed by atoms with E-state index in [4.69, 9.17) is 16.7 Å². The number of nitrogens with zero attached hydrogens (tertiary/aromatic N) is 1. The van der Waals surface area contributed by atoms with Gasteiger partial charge in [-0.2, -0.15) is 0 Å². The highest BCUT2D eigenvalue weighted by molar-refractivity contribution is 6.31. The van der Waals surface area contributed by atoms with E-state index in [9.17, 15) is 13.6 Å². The van der Waals surface area contributed by atoms with Crippen LogP contribution in [0.4, 0.5) is 14.5 Å². The molecule has 2 aromatic carbocycles. The highest BCUT2D eigenvalue weighted by Crippen LogP contribution is 2.34. The molecule has 3 nitrogen and oxygen atoms in total. The summed E-state index contributed by atoms with van der Waals surface area (Å²) in [6.07, 6.45) is 0.689. The normalized spacial score (nSPS) is 17.5. The minimum atomic E-state index is -1.27. The highest BCUT2D eigenvalue weighted by Gasteiger charge is 2.28. The number of rotatable bonds is 3. The Hall–Kier alpha value is -2.14. The molecule has 0 amide bonds. The first-order valence-electron chi connectivity index (χ1n) is 7.19. The number of aromatic carboxylic acids is 1. The summed E-state index contributed by atoms with van der Waals surface area (Å²) in [6.45, 7) is 1.20. The minimum Gasteiger partial charge on any atom is -0.478 e. The van der Waals surface area contributed by atoms with Crippen molar-refractivity contribution in [3.63, 3.8) is 0 Å². The fourth-order valence-corrected chi connectivity index (χ4v) is 3.14. The number of carbonyl (C=O) groups is 1. The molecule has 0 radical (unpaired) electrons. The zero-order valence-electron chi connectivity index (χ0n) is 12.1. The summed E-state index contributed by atoms with van der Waals surface area (Å²) in [5.74, 6) is -2.54.